The van der Waals surface area contributed by atoms with E-state index in [-0.39, 0.29) is 5.56 Å². The van der Waals surface area contributed by atoms with Gasteiger partial charge in [-0.05, 0) is 54.8 Å². The first kappa shape index (κ1) is 20.3. The van der Waals surface area contributed by atoms with Crippen LogP contribution < -0.4 is 4.74 Å². The molecule has 1 aromatic heterocycles. The number of carboxylic acid groups (broad SMARTS) is 1. The fraction of sp³-hybridized carbons (Fsp3) is 0.222. The van der Waals surface area contributed by atoms with Gasteiger partial charge in [-0.25, -0.2) is 4.79 Å². The molecular weight excluding hydrogens is 402 g/mol. The fourth-order valence-electron chi connectivity index (χ4n) is 4.42. The van der Waals surface area contributed by atoms with E-state index in [2.05, 4.69) is 28.8 Å². The Labute approximate surface area is 186 Å². The van der Waals surface area contributed by atoms with Gasteiger partial charge < -0.3 is 19.1 Å². The molecule has 0 radical (unpaired) electrons. The van der Waals surface area contributed by atoms with Gasteiger partial charge in [-0.3, -0.25) is 0 Å². The van der Waals surface area contributed by atoms with Gasteiger partial charge in [0, 0.05) is 35.9 Å². The SMILES string of the molecule is O=C(O)c1ccc(-n2c(C3CCOCC3)cc3cccc(OCc4ccccc4)c32)cc1. The minimum Gasteiger partial charge on any atom is -0.487 e. The third-order valence-corrected chi connectivity index (χ3v) is 6.06. The van der Waals surface area contributed by atoms with Crippen LogP contribution in [0.25, 0.3) is 16.6 Å². The number of benzene rings is 3. The van der Waals surface area contributed by atoms with Crippen LogP contribution in [0.4, 0.5) is 0 Å². The van der Waals surface area contributed by atoms with Crippen LogP contribution in [-0.2, 0) is 11.3 Å². The Kier molecular flexibility index (Phi) is 5.65. The van der Waals surface area contributed by atoms with Crippen molar-refractivity contribution in [2.75, 3.05) is 13.2 Å². The van der Waals surface area contributed by atoms with Crippen LogP contribution >= 0.6 is 0 Å². The van der Waals surface area contributed by atoms with Crippen LogP contribution in [0.5, 0.6) is 5.75 Å². The standard InChI is InChI=1S/C27H25NO4/c29-27(30)21-9-11-23(12-10-21)28-24(20-13-15-31-16-14-20)17-22-7-4-8-25(26(22)28)32-18-19-5-2-1-3-6-19/h1-12,17,20H,13-16,18H2,(H,29,30). The van der Waals surface area contributed by atoms with Crippen LogP contribution in [-0.4, -0.2) is 28.9 Å². The van der Waals surface area contributed by atoms with Crippen LogP contribution in [0.1, 0.15) is 40.4 Å². The van der Waals surface area contributed by atoms with Crippen molar-refractivity contribution in [3.63, 3.8) is 0 Å². The molecule has 0 saturated carbocycles. The summed E-state index contributed by atoms with van der Waals surface area (Å²) in [5.74, 6) is 0.259. The van der Waals surface area contributed by atoms with Crippen LogP contribution in [0.15, 0.2) is 78.9 Å². The highest BCUT2D eigenvalue weighted by atomic mass is 16.5. The molecule has 5 nitrogen and oxygen atoms in total. The van der Waals surface area contributed by atoms with Gasteiger partial charge in [0.05, 0.1) is 11.1 Å². The lowest BCUT2D eigenvalue weighted by molar-refractivity contribution is 0.0697. The zero-order chi connectivity index (χ0) is 21.9. The molecule has 162 valence electrons. The minimum absolute atomic E-state index is 0.276. The first-order valence-corrected chi connectivity index (χ1v) is 10.9. The average Bonchev–Trinajstić information content (AvgIpc) is 3.24. The molecule has 0 atom stereocenters. The zero-order valence-electron chi connectivity index (χ0n) is 17.7. The van der Waals surface area contributed by atoms with Crippen molar-refractivity contribution in [3.05, 3.63) is 95.7 Å². The molecule has 32 heavy (non-hydrogen) atoms. The van der Waals surface area contributed by atoms with Gasteiger partial charge in [0.25, 0.3) is 0 Å². The Morgan fingerprint density at radius 1 is 0.969 bits per heavy atom. The van der Waals surface area contributed by atoms with Crippen LogP contribution in [0, 0.1) is 0 Å². The fourth-order valence-corrected chi connectivity index (χ4v) is 4.42. The Morgan fingerprint density at radius 3 is 2.44 bits per heavy atom. The van der Waals surface area contributed by atoms with Crippen molar-refractivity contribution in [2.45, 2.75) is 25.4 Å². The van der Waals surface area contributed by atoms with Gasteiger partial charge in [0.1, 0.15) is 12.4 Å². The van der Waals surface area contributed by atoms with E-state index in [0.717, 1.165) is 54.0 Å². The number of hydrogen-bond donors (Lipinski definition) is 1. The lowest BCUT2D eigenvalue weighted by Crippen LogP contribution is -2.17. The summed E-state index contributed by atoms with van der Waals surface area (Å²) in [4.78, 5) is 11.4. The van der Waals surface area contributed by atoms with Gasteiger partial charge >= 0.3 is 5.97 Å². The Hall–Kier alpha value is -3.57. The summed E-state index contributed by atoms with van der Waals surface area (Å²) in [5, 5.41) is 10.4. The van der Waals surface area contributed by atoms with Gasteiger partial charge in [0.15, 0.2) is 0 Å². The first-order valence-electron chi connectivity index (χ1n) is 10.9. The second kappa shape index (κ2) is 8.89. The molecule has 5 rings (SSSR count). The molecule has 4 aromatic rings. The molecule has 0 spiro atoms. The van der Waals surface area contributed by atoms with Gasteiger partial charge in [-0.2, -0.15) is 0 Å². The molecule has 3 aromatic carbocycles. The molecule has 0 unspecified atom stereocenters. The van der Waals surface area contributed by atoms with E-state index in [1.54, 1.807) is 12.1 Å². The van der Waals surface area contributed by atoms with E-state index in [4.69, 9.17) is 9.47 Å². The zero-order valence-corrected chi connectivity index (χ0v) is 17.7. The molecule has 2 heterocycles. The van der Waals surface area contributed by atoms with Crippen molar-refractivity contribution < 1.29 is 19.4 Å². The summed E-state index contributed by atoms with van der Waals surface area (Å²) in [7, 11) is 0. The van der Waals surface area contributed by atoms with E-state index in [1.165, 1.54) is 5.69 Å². The summed E-state index contributed by atoms with van der Waals surface area (Å²) < 4.78 is 14.1. The Morgan fingerprint density at radius 2 is 1.72 bits per heavy atom. The summed E-state index contributed by atoms with van der Waals surface area (Å²) in [6, 6.07) is 25.6. The molecule has 1 saturated heterocycles. The maximum absolute atomic E-state index is 11.4. The second-order valence-electron chi connectivity index (χ2n) is 8.11. The largest absolute Gasteiger partial charge is 0.487 e. The first-order chi connectivity index (χ1) is 15.7. The maximum atomic E-state index is 11.4. The van der Waals surface area contributed by atoms with Crippen molar-refractivity contribution >= 4 is 16.9 Å². The number of hydrogen-bond acceptors (Lipinski definition) is 3. The average molecular weight is 428 g/mol. The number of aromatic carboxylic acids is 1. The molecule has 1 fully saturated rings. The smallest absolute Gasteiger partial charge is 0.335 e. The normalized spacial score (nSPS) is 14.5. The number of rotatable bonds is 6. The van der Waals surface area contributed by atoms with Gasteiger partial charge in [0.2, 0.25) is 0 Å². The second-order valence-corrected chi connectivity index (χ2v) is 8.11. The maximum Gasteiger partial charge on any atom is 0.335 e. The highest BCUT2D eigenvalue weighted by Gasteiger charge is 2.23. The topological polar surface area (TPSA) is 60.7 Å². The number of para-hydroxylation sites is 1. The van der Waals surface area contributed by atoms with E-state index in [9.17, 15) is 9.90 Å². The molecule has 0 aliphatic carbocycles. The third kappa shape index (κ3) is 3.99. The van der Waals surface area contributed by atoms with Crippen molar-refractivity contribution in [1.29, 1.82) is 0 Å². The van der Waals surface area contributed by atoms with E-state index in [1.807, 2.05) is 42.5 Å². The number of nitrogens with zero attached hydrogens (tertiary/aromatic N) is 1. The highest BCUT2D eigenvalue weighted by molar-refractivity contribution is 5.90. The quantitative estimate of drug-likeness (QED) is 0.422. The minimum atomic E-state index is -0.926. The van der Waals surface area contributed by atoms with Crippen molar-refractivity contribution in [3.8, 4) is 11.4 Å². The molecule has 1 aliphatic heterocycles. The molecular formula is C27H25NO4. The predicted octanol–water partition coefficient (Wildman–Crippen LogP) is 5.80. The monoisotopic (exact) mass is 427 g/mol. The predicted molar refractivity (Wildman–Crippen MR) is 124 cm³/mol. The van der Waals surface area contributed by atoms with E-state index in [0.29, 0.717) is 12.5 Å². The number of ether oxygens (including phenoxy) is 2. The number of aromatic nitrogens is 1. The van der Waals surface area contributed by atoms with Crippen LogP contribution in [0.2, 0.25) is 0 Å². The van der Waals surface area contributed by atoms with Crippen LogP contribution in [0.3, 0.4) is 0 Å². The van der Waals surface area contributed by atoms with Crippen molar-refractivity contribution in [2.24, 2.45) is 0 Å². The van der Waals surface area contributed by atoms with Gasteiger partial charge in [-0.1, -0.05) is 42.5 Å². The number of carbonyl (C=O) groups is 1. The van der Waals surface area contributed by atoms with Gasteiger partial charge in [-0.15, -0.1) is 0 Å². The molecule has 0 amide bonds. The summed E-state index contributed by atoms with van der Waals surface area (Å²) in [5.41, 5.74) is 4.54. The molecule has 0 bridgehead atoms. The van der Waals surface area contributed by atoms with Crippen molar-refractivity contribution in [1.82, 2.24) is 4.57 Å². The Balaban J connectivity index is 1.62. The molecule has 1 aliphatic rings. The third-order valence-electron chi connectivity index (χ3n) is 6.06. The summed E-state index contributed by atoms with van der Waals surface area (Å²) in [6.07, 6.45) is 1.92. The molecule has 5 heteroatoms. The Bertz CT molecular complexity index is 1220. The number of carboxylic acids is 1. The highest BCUT2D eigenvalue weighted by Crippen LogP contribution is 2.38. The molecule has 1 N–H and O–H groups in total. The lowest BCUT2D eigenvalue weighted by atomic mass is 9.96. The van der Waals surface area contributed by atoms with E-state index >= 15 is 0 Å². The van der Waals surface area contributed by atoms with E-state index < -0.39 is 5.97 Å². The number of fused-ring (bicyclic) bond motifs is 1. The summed E-state index contributed by atoms with van der Waals surface area (Å²) in [6.45, 7) is 1.98. The summed E-state index contributed by atoms with van der Waals surface area (Å²) >= 11 is 0. The lowest BCUT2D eigenvalue weighted by Gasteiger charge is -2.24.